The van der Waals surface area contributed by atoms with Gasteiger partial charge in [0.2, 0.25) is 11.9 Å². The zero-order valence-corrected chi connectivity index (χ0v) is 13.3. The Hall–Kier alpha value is -2.96. The Balaban J connectivity index is 2.08. The molecule has 2 aromatic rings. The number of anilines is 3. The van der Waals surface area contributed by atoms with E-state index in [0.717, 1.165) is 5.69 Å². The maximum absolute atomic E-state index is 11.9. The van der Waals surface area contributed by atoms with Crippen molar-refractivity contribution in [1.29, 1.82) is 0 Å². The van der Waals surface area contributed by atoms with Gasteiger partial charge in [0.25, 0.3) is 5.91 Å². The molecule has 1 heterocycles. The van der Waals surface area contributed by atoms with Crippen LogP contribution in [-0.2, 0) is 4.79 Å². The Morgan fingerprint density at radius 2 is 1.70 bits per heavy atom. The largest absolute Gasteiger partial charge is 0.349 e. The highest BCUT2D eigenvalue weighted by Gasteiger charge is 2.09. The van der Waals surface area contributed by atoms with E-state index >= 15 is 0 Å². The predicted molar refractivity (Wildman–Crippen MR) is 88.7 cm³/mol. The Morgan fingerprint density at radius 1 is 1.04 bits per heavy atom. The SMILES string of the molecule is CC(=O)Nc1ccc(Nc2nccc(C(=O)NC(C)C)n2)cc1. The lowest BCUT2D eigenvalue weighted by Crippen LogP contribution is -2.30. The van der Waals surface area contributed by atoms with E-state index < -0.39 is 0 Å². The third-order valence-electron chi connectivity index (χ3n) is 2.77. The molecule has 2 amide bonds. The summed E-state index contributed by atoms with van der Waals surface area (Å²) in [5.41, 5.74) is 1.75. The fourth-order valence-electron chi connectivity index (χ4n) is 1.85. The second-order valence-corrected chi connectivity index (χ2v) is 5.28. The molecular formula is C16H19N5O2. The molecule has 0 aliphatic carbocycles. The normalized spacial score (nSPS) is 10.3. The number of hydrogen-bond donors (Lipinski definition) is 3. The molecule has 0 aliphatic rings. The zero-order valence-electron chi connectivity index (χ0n) is 13.3. The van der Waals surface area contributed by atoms with Crippen molar-refractivity contribution in [3.63, 3.8) is 0 Å². The first-order chi connectivity index (χ1) is 10.9. The Morgan fingerprint density at radius 3 is 2.30 bits per heavy atom. The first kappa shape index (κ1) is 16.4. The molecule has 1 aromatic heterocycles. The van der Waals surface area contributed by atoms with Crippen LogP contribution in [0.4, 0.5) is 17.3 Å². The molecule has 0 spiro atoms. The molecule has 0 saturated heterocycles. The molecule has 7 nitrogen and oxygen atoms in total. The molecule has 0 saturated carbocycles. The van der Waals surface area contributed by atoms with Gasteiger partial charge in [-0.15, -0.1) is 0 Å². The van der Waals surface area contributed by atoms with Gasteiger partial charge >= 0.3 is 0 Å². The summed E-state index contributed by atoms with van der Waals surface area (Å²) in [7, 11) is 0. The van der Waals surface area contributed by atoms with E-state index in [1.165, 1.54) is 13.1 Å². The van der Waals surface area contributed by atoms with Gasteiger partial charge in [0.05, 0.1) is 0 Å². The van der Waals surface area contributed by atoms with Crippen LogP contribution in [0.15, 0.2) is 36.5 Å². The number of aromatic nitrogens is 2. The van der Waals surface area contributed by atoms with Crippen molar-refractivity contribution in [3.8, 4) is 0 Å². The smallest absolute Gasteiger partial charge is 0.270 e. The van der Waals surface area contributed by atoms with Crippen LogP contribution in [0.25, 0.3) is 0 Å². The molecule has 0 unspecified atom stereocenters. The number of amides is 2. The van der Waals surface area contributed by atoms with Crippen molar-refractivity contribution in [2.24, 2.45) is 0 Å². The lowest BCUT2D eigenvalue weighted by molar-refractivity contribution is -0.114. The third-order valence-corrected chi connectivity index (χ3v) is 2.77. The average molecular weight is 313 g/mol. The van der Waals surface area contributed by atoms with Gasteiger partial charge in [-0.3, -0.25) is 9.59 Å². The van der Waals surface area contributed by atoms with Crippen LogP contribution in [0.1, 0.15) is 31.3 Å². The molecule has 0 radical (unpaired) electrons. The molecule has 3 N–H and O–H groups in total. The fraction of sp³-hybridized carbons (Fsp3) is 0.250. The van der Waals surface area contributed by atoms with Crippen LogP contribution in [0.5, 0.6) is 0 Å². The van der Waals surface area contributed by atoms with E-state index in [2.05, 4.69) is 25.9 Å². The summed E-state index contributed by atoms with van der Waals surface area (Å²) in [5.74, 6) is -0.0435. The van der Waals surface area contributed by atoms with Gasteiger partial charge < -0.3 is 16.0 Å². The van der Waals surface area contributed by atoms with Crippen LogP contribution in [-0.4, -0.2) is 27.8 Å². The first-order valence-electron chi connectivity index (χ1n) is 7.22. The summed E-state index contributed by atoms with van der Waals surface area (Å²) in [4.78, 5) is 31.2. The van der Waals surface area contributed by atoms with Gasteiger partial charge in [0.1, 0.15) is 5.69 Å². The standard InChI is InChI=1S/C16H19N5O2/c1-10(2)18-15(23)14-8-9-17-16(21-14)20-13-6-4-12(5-7-13)19-11(3)22/h4-10H,1-3H3,(H,18,23)(H,19,22)(H,17,20,21). The van der Waals surface area contributed by atoms with Crippen LogP contribution < -0.4 is 16.0 Å². The first-order valence-corrected chi connectivity index (χ1v) is 7.22. The molecule has 0 bridgehead atoms. The Bertz CT molecular complexity index is 698. The van der Waals surface area contributed by atoms with Crippen LogP contribution in [0, 0.1) is 0 Å². The number of carbonyl (C=O) groups excluding carboxylic acids is 2. The highest BCUT2D eigenvalue weighted by molar-refractivity contribution is 5.92. The highest BCUT2D eigenvalue weighted by atomic mass is 16.2. The lowest BCUT2D eigenvalue weighted by Gasteiger charge is -2.09. The van der Waals surface area contributed by atoms with E-state index in [-0.39, 0.29) is 17.9 Å². The van der Waals surface area contributed by atoms with Crippen LogP contribution >= 0.6 is 0 Å². The molecule has 0 atom stereocenters. The number of hydrogen-bond acceptors (Lipinski definition) is 5. The van der Waals surface area contributed by atoms with Gasteiger partial charge in [0.15, 0.2) is 0 Å². The quantitative estimate of drug-likeness (QED) is 0.787. The predicted octanol–water partition coefficient (Wildman–Crippen LogP) is 2.32. The highest BCUT2D eigenvalue weighted by Crippen LogP contribution is 2.16. The molecule has 120 valence electrons. The number of rotatable bonds is 5. The second kappa shape index (κ2) is 7.35. The third kappa shape index (κ3) is 5.06. The summed E-state index contributed by atoms with van der Waals surface area (Å²) >= 11 is 0. The minimum Gasteiger partial charge on any atom is -0.349 e. The lowest BCUT2D eigenvalue weighted by atomic mass is 10.3. The minimum atomic E-state index is -0.244. The maximum Gasteiger partial charge on any atom is 0.270 e. The molecule has 0 aliphatic heterocycles. The number of nitrogens with one attached hydrogen (secondary N) is 3. The van der Waals surface area contributed by atoms with E-state index in [9.17, 15) is 9.59 Å². The number of nitrogens with zero attached hydrogens (tertiary/aromatic N) is 2. The summed E-state index contributed by atoms with van der Waals surface area (Å²) in [6, 6.07) is 8.70. The van der Waals surface area contributed by atoms with Crippen molar-refractivity contribution >= 4 is 29.1 Å². The van der Waals surface area contributed by atoms with Crippen molar-refractivity contribution in [2.75, 3.05) is 10.6 Å². The maximum atomic E-state index is 11.9. The Labute approximate surface area is 134 Å². The summed E-state index contributed by atoms with van der Waals surface area (Å²) in [5, 5.41) is 8.48. The average Bonchev–Trinajstić information content (AvgIpc) is 2.48. The van der Waals surface area contributed by atoms with Gasteiger partial charge in [-0.1, -0.05) is 0 Å². The minimum absolute atomic E-state index is 0.0372. The Kier molecular flexibility index (Phi) is 5.24. The molecular weight excluding hydrogens is 294 g/mol. The van der Waals surface area contributed by atoms with E-state index in [1.54, 1.807) is 30.3 Å². The van der Waals surface area contributed by atoms with Gasteiger partial charge in [-0.25, -0.2) is 9.97 Å². The van der Waals surface area contributed by atoms with Crippen molar-refractivity contribution in [2.45, 2.75) is 26.8 Å². The molecule has 7 heteroatoms. The van der Waals surface area contributed by atoms with Gasteiger partial charge in [-0.2, -0.15) is 0 Å². The van der Waals surface area contributed by atoms with Crippen LogP contribution in [0.3, 0.4) is 0 Å². The second-order valence-electron chi connectivity index (χ2n) is 5.28. The van der Waals surface area contributed by atoms with Gasteiger partial charge in [-0.05, 0) is 44.2 Å². The van der Waals surface area contributed by atoms with Crippen molar-refractivity contribution in [1.82, 2.24) is 15.3 Å². The van der Waals surface area contributed by atoms with E-state index in [4.69, 9.17) is 0 Å². The number of carbonyl (C=O) groups is 2. The molecule has 23 heavy (non-hydrogen) atoms. The fourth-order valence-corrected chi connectivity index (χ4v) is 1.85. The topological polar surface area (TPSA) is 96.0 Å². The zero-order chi connectivity index (χ0) is 16.8. The van der Waals surface area contributed by atoms with E-state index in [0.29, 0.717) is 17.3 Å². The van der Waals surface area contributed by atoms with Crippen molar-refractivity contribution in [3.05, 3.63) is 42.2 Å². The number of benzene rings is 1. The molecule has 1 aromatic carbocycles. The van der Waals surface area contributed by atoms with E-state index in [1.807, 2.05) is 13.8 Å². The summed E-state index contributed by atoms with van der Waals surface area (Å²) in [6.07, 6.45) is 1.52. The van der Waals surface area contributed by atoms with Crippen molar-refractivity contribution < 1.29 is 9.59 Å². The van der Waals surface area contributed by atoms with Crippen LogP contribution in [0.2, 0.25) is 0 Å². The van der Waals surface area contributed by atoms with Gasteiger partial charge in [0, 0.05) is 30.5 Å². The monoisotopic (exact) mass is 313 g/mol. The summed E-state index contributed by atoms with van der Waals surface area (Å²) < 4.78 is 0. The summed E-state index contributed by atoms with van der Waals surface area (Å²) in [6.45, 7) is 5.22. The molecule has 0 fully saturated rings. The molecule has 2 rings (SSSR count).